The zero-order valence-corrected chi connectivity index (χ0v) is 9.20. The van der Waals surface area contributed by atoms with E-state index < -0.39 is 21.9 Å². The van der Waals surface area contributed by atoms with Crippen molar-refractivity contribution in [1.82, 2.24) is 0 Å². The van der Waals surface area contributed by atoms with Crippen molar-refractivity contribution >= 4 is 40.7 Å². The summed E-state index contributed by atoms with van der Waals surface area (Å²) in [5.41, 5.74) is 0. The molecule has 0 aromatic rings. The summed E-state index contributed by atoms with van der Waals surface area (Å²) in [6.45, 7) is 4.89. The summed E-state index contributed by atoms with van der Waals surface area (Å²) in [5, 5.41) is 16.3. The third-order valence-electron chi connectivity index (χ3n) is 1.22. The Morgan fingerprint density at radius 3 is 2.31 bits per heavy atom. The zero-order valence-electron chi connectivity index (χ0n) is 6.93. The lowest BCUT2D eigenvalue weighted by Gasteiger charge is -2.21. The van der Waals surface area contributed by atoms with Gasteiger partial charge in [0.1, 0.15) is 6.10 Å². The van der Waals surface area contributed by atoms with Crippen LogP contribution in [0.4, 0.5) is 0 Å². The lowest BCUT2D eigenvalue weighted by molar-refractivity contribution is 0.0683. The highest BCUT2D eigenvalue weighted by molar-refractivity contribution is 6.76. The highest BCUT2D eigenvalue weighted by Crippen LogP contribution is 2.28. The Hall–Kier alpha value is 0.0400. The second kappa shape index (κ2) is 5.05. The van der Waals surface area contributed by atoms with Crippen molar-refractivity contribution in [1.29, 1.82) is 5.41 Å². The molecule has 0 aliphatic rings. The van der Waals surface area contributed by atoms with Gasteiger partial charge in [0, 0.05) is 0 Å². The van der Waals surface area contributed by atoms with Crippen molar-refractivity contribution in [2.24, 2.45) is 0 Å². The van der Waals surface area contributed by atoms with Gasteiger partial charge in [-0.25, -0.2) is 0 Å². The van der Waals surface area contributed by atoms with Gasteiger partial charge in [0.2, 0.25) is 5.90 Å². The van der Waals surface area contributed by atoms with Crippen molar-refractivity contribution in [3.05, 3.63) is 12.7 Å². The largest absolute Gasteiger partial charge is 0.468 e. The van der Waals surface area contributed by atoms with Crippen molar-refractivity contribution in [2.45, 2.75) is 22.9 Å². The van der Waals surface area contributed by atoms with Crippen LogP contribution in [-0.2, 0) is 4.74 Å². The van der Waals surface area contributed by atoms with Gasteiger partial charge in [0.25, 0.3) is 3.79 Å². The Morgan fingerprint density at radius 1 is 1.62 bits per heavy atom. The summed E-state index contributed by atoms with van der Waals surface area (Å²) in [5.74, 6) is -0.539. The first-order valence-electron chi connectivity index (χ1n) is 3.42. The number of rotatable bonds is 3. The van der Waals surface area contributed by atoms with E-state index in [1.807, 2.05) is 0 Å². The molecule has 0 aromatic carbocycles. The Bertz CT molecular complexity index is 200. The molecule has 0 spiro atoms. The molecule has 0 aliphatic heterocycles. The van der Waals surface area contributed by atoms with Crippen LogP contribution in [0, 0.1) is 5.41 Å². The van der Waals surface area contributed by atoms with E-state index >= 15 is 0 Å². The first-order valence-corrected chi connectivity index (χ1v) is 4.55. The van der Waals surface area contributed by atoms with E-state index in [-0.39, 0.29) is 0 Å². The SMILES string of the molecule is C=C[C@H](OC(=N)C(Cl)(Cl)Cl)[C@H](C)O. The summed E-state index contributed by atoms with van der Waals surface area (Å²) in [6.07, 6.45) is -0.233. The fraction of sp³-hybridized carbons (Fsp3) is 0.571. The first-order chi connectivity index (χ1) is 5.79. The molecule has 3 nitrogen and oxygen atoms in total. The van der Waals surface area contributed by atoms with Crippen LogP contribution in [0.15, 0.2) is 12.7 Å². The van der Waals surface area contributed by atoms with E-state index in [4.69, 9.17) is 50.1 Å². The molecule has 2 N–H and O–H groups in total. The van der Waals surface area contributed by atoms with Crippen LogP contribution < -0.4 is 0 Å². The van der Waals surface area contributed by atoms with Gasteiger partial charge in [-0.1, -0.05) is 41.4 Å². The van der Waals surface area contributed by atoms with Gasteiger partial charge in [-0.3, -0.25) is 5.41 Å². The van der Waals surface area contributed by atoms with Crippen LogP contribution in [-0.4, -0.2) is 27.0 Å². The average molecular weight is 247 g/mol. The van der Waals surface area contributed by atoms with Crippen LogP contribution in [0.25, 0.3) is 0 Å². The van der Waals surface area contributed by atoms with Crippen molar-refractivity contribution in [3.8, 4) is 0 Å². The van der Waals surface area contributed by atoms with E-state index in [0.717, 1.165) is 0 Å². The van der Waals surface area contributed by atoms with Gasteiger partial charge in [-0.05, 0) is 13.0 Å². The highest BCUT2D eigenvalue weighted by atomic mass is 35.6. The van der Waals surface area contributed by atoms with Gasteiger partial charge < -0.3 is 9.84 Å². The number of aliphatic hydroxyl groups is 1. The molecule has 0 saturated carbocycles. The minimum Gasteiger partial charge on any atom is -0.468 e. The first kappa shape index (κ1) is 13.0. The third kappa shape index (κ3) is 4.72. The lowest BCUT2D eigenvalue weighted by atomic mass is 10.2. The summed E-state index contributed by atoms with van der Waals surface area (Å²) in [6, 6.07) is 0. The fourth-order valence-electron chi connectivity index (χ4n) is 0.546. The monoisotopic (exact) mass is 245 g/mol. The second-order valence-electron chi connectivity index (χ2n) is 2.39. The number of hydrogen-bond acceptors (Lipinski definition) is 3. The molecule has 76 valence electrons. The number of halogens is 3. The molecule has 0 unspecified atom stereocenters. The quantitative estimate of drug-likeness (QED) is 0.347. The summed E-state index contributed by atoms with van der Waals surface area (Å²) in [7, 11) is 0. The predicted molar refractivity (Wildman–Crippen MR) is 54.8 cm³/mol. The maximum atomic E-state index is 9.10. The van der Waals surface area contributed by atoms with Crippen molar-refractivity contribution < 1.29 is 9.84 Å². The summed E-state index contributed by atoms with van der Waals surface area (Å²) < 4.78 is 2.94. The van der Waals surface area contributed by atoms with Crippen LogP contribution in [0.1, 0.15) is 6.92 Å². The van der Waals surface area contributed by atoms with Crippen LogP contribution in [0.5, 0.6) is 0 Å². The van der Waals surface area contributed by atoms with Gasteiger partial charge >= 0.3 is 0 Å². The van der Waals surface area contributed by atoms with Gasteiger partial charge in [0.15, 0.2) is 0 Å². The Balaban J connectivity index is 4.26. The van der Waals surface area contributed by atoms with E-state index in [2.05, 4.69) is 6.58 Å². The van der Waals surface area contributed by atoms with E-state index in [9.17, 15) is 0 Å². The average Bonchev–Trinajstić information content (AvgIpc) is 1.96. The van der Waals surface area contributed by atoms with E-state index in [1.165, 1.54) is 13.0 Å². The molecule has 6 heteroatoms. The van der Waals surface area contributed by atoms with Gasteiger partial charge in [0.05, 0.1) is 6.10 Å². The number of hydrogen-bond donors (Lipinski definition) is 2. The molecule has 0 bridgehead atoms. The normalized spacial score (nSPS) is 16.1. The zero-order chi connectivity index (χ0) is 10.6. The van der Waals surface area contributed by atoms with Crippen LogP contribution >= 0.6 is 34.8 Å². The Morgan fingerprint density at radius 2 is 2.08 bits per heavy atom. The molecule has 0 amide bonds. The van der Waals surface area contributed by atoms with Crippen LogP contribution in [0.3, 0.4) is 0 Å². The summed E-state index contributed by atoms with van der Waals surface area (Å²) >= 11 is 16.1. The molecular weight excluding hydrogens is 236 g/mol. The summed E-state index contributed by atoms with van der Waals surface area (Å²) in [4.78, 5) is 0. The molecule has 0 radical (unpaired) electrons. The third-order valence-corrected chi connectivity index (χ3v) is 1.73. The van der Waals surface area contributed by atoms with Crippen molar-refractivity contribution in [3.63, 3.8) is 0 Å². The topological polar surface area (TPSA) is 53.3 Å². The highest BCUT2D eigenvalue weighted by Gasteiger charge is 2.31. The minimum atomic E-state index is -1.91. The maximum absolute atomic E-state index is 9.10. The Labute approximate surface area is 91.7 Å². The van der Waals surface area contributed by atoms with E-state index in [1.54, 1.807) is 0 Å². The van der Waals surface area contributed by atoms with Crippen molar-refractivity contribution in [2.75, 3.05) is 0 Å². The molecule has 2 atom stereocenters. The fourth-order valence-corrected chi connectivity index (χ4v) is 0.680. The van der Waals surface area contributed by atoms with E-state index in [0.29, 0.717) is 0 Å². The Kier molecular flexibility index (Phi) is 5.07. The molecule has 0 rings (SSSR count). The maximum Gasteiger partial charge on any atom is 0.265 e. The van der Waals surface area contributed by atoms with Gasteiger partial charge in [-0.2, -0.15) is 0 Å². The predicted octanol–water partition coefficient (Wildman–Crippen LogP) is 2.29. The minimum absolute atomic E-state index is 0.539. The smallest absolute Gasteiger partial charge is 0.265 e. The molecule has 0 saturated heterocycles. The lowest BCUT2D eigenvalue weighted by Crippen LogP contribution is -2.32. The number of alkyl halides is 3. The molecular formula is C7H10Cl3NO2. The molecule has 0 aliphatic carbocycles. The molecule has 0 fully saturated rings. The second-order valence-corrected chi connectivity index (χ2v) is 4.67. The molecule has 13 heavy (non-hydrogen) atoms. The van der Waals surface area contributed by atoms with Crippen LogP contribution in [0.2, 0.25) is 0 Å². The van der Waals surface area contributed by atoms with Gasteiger partial charge in [-0.15, -0.1) is 0 Å². The molecule has 0 heterocycles. The number of ether oxygens (including phenoxy) is 1. The number of aliphatic hydroxyl groups excluding tert-OH is 1. The standard InChI is InChI=1S/C7H10Cl3NO2/c1-3-5(4(2)12)13-6(11)7(8,9)10/h3-5,11-12H,1H2,2H3/t4-,5-/m0/s1. The molecule has 0 aromatic heterocycles. The number of nitrogens with one attached hydrogen (secondary N) is 1.